The molecule has 0 aliphatic carbocycles. The normalized spacial score (nSPS) is 12.6. The van der Waals surface area contributed by atoms with Crippen molar-refractivity contribution in [2.75, 3.05) is 29.9 Å². The third kappa shape index (κ3) is 5.90. The molecule has 2 aromatic carbocycles. The van der Waals surface area contributed by atoms with Crippen molar-refractivity contribution in [2.24, 2.45) is 11.7 Å². The fraction of sp³-hybridized carbons (Fsp3) is 0.478. The van der Waals surface area contributed by atoms with Crippen molar-refractivity contribution in [3.63, 3.8) is 0 Å². The monoisotopic (exact) mass is 369 g/mol. The largest absolute Gasteiger partial charge is 0.457 e. The van der Waals surface area contributed by atoms with Crippen LogP contribution in [0.1, 0.15) is 40.2 Å². The lowest BCUT2D eigenvalue weighted by Gasteiger charge is -2.33. The molecule has 3 N–H and O–H groups in total. The lowest BCUT2D eigenvalue weighted by atomic mass is 9.89. The van der Waals surface area contributed by atoms with Crippen LogP contribution in [0, 0.1) is 12.8 Å². The number of anilines is 2. The van der Waals surface area contributed by atoms with E-state index in [0.29, 0.717) is 5.92 Å². The van der Waals surface area contributed by atoms with Crippen LogP contribution >= 0.6 is 0 Å². The van der Waals surface area contributed by atoms with E-state index in [0.717, 1.165) is 42.5 Å². The molecule has 0 saturated carbocycles. The first-order valence-electron chi connectivity index (χ1n) is 9.90. The summed E-state index contributed by atoms with van der Waals surface area (Å²) in [6.07, 6.45) is 0. The molecule has 2 rings (SSSR count). The standard InChI is InChI=1S/C23H35N3O/c1-7-25-22-15-21(13-12-17(22)3)27-20-11-9-10-19(14-20)26(8-2)16-18(4)23(5,6)24/h9-15,18,25H,7-8,16,24H2,1-6H3. The average Bonchev–Trinajstić information content (AvgIpc) is 2.62. The van der Waals surface area contributed by atoms with Gasteiger partial charge < -0.3 is 20.7 Å². The third-order valence-corrected chi connectivity index (χ3v) is 5.14. The third-order valence-electron chi connectivity index (χ3n) is 5.14. The molecule has 148 valence electrons. The lowest BCUT2D eigenvalue weighted by molar-refractivity contribution is 0.347. The first-order chi connectivity index (χ1) is 12.7. The number of nitrogens with zero attached hydrogens (tertiary/aromatic N) is 1. The van der Waals surface area contributed by atoms with E-state index in [1.165, 1.54) is 5.56 Å². The molecule has 4 nitrogen and oxygen atoms in total. The predicted octanol–water partition coefficient (Wildman–Crippen LogP) is 5.42. The molecule has 27 heavy (non-hydrogen) atoms. The molecule has 2 aromatic rings. The first kappa shape index (κ1) is 21.1. The van der Waals surface area contributed by atoms with E-state index in [1.807, 2.05) is 18.2 Å². The van der Waals surface area contributed by atoms with Gasteiger partial charge >= 0.3 is 0 Å². The lowest BCUT2D eigenvalue weighted by Crippen LogP contribution is -2.45. The van der Waals surface area contributed by atoms with E-state index in [9.17, 15) is 0 Å². The van der Waals surface area contributed by atoms with Crippen molar-refractivity contribution in [1.29, 1.82) is 0 Å². The second kappa shape index (κ2) is 9.14. The Kier molecular flexibility index (Phi) is 7.14. The maximum Gasteiger partial charge on any atom is 0.129 e. The minimum absolute atomic E-state index is 0.202. The highest BCUT2D eigenvalue weighted by atomic mass is 16.5. The minimum atomic E-state index is -0.202. The number of aryl methyl sites for hydroxylation is 1. The summed E-state index contributed by atoms with van der Waals surface area (Å²) in [4.78, 5) is 2.35. The van der Waals surface area contributed by atoms with Crippen LogP contribution in [0.4, 0.5) is 11.4 Å². The smallest absolute Gasteiger partial charge is 0.129 e. The van der Waals surface area contributed by atoms with Gasteiger partial charge in [-0.1, -0.05) is 19.1 Å². The number of ether oxygens (including phenoxy) is 1. The Morgan fingerprint density at radius 3 is 2.44 bits per heavy atom. The Balaban J connectivity index is 2.18. The zero-order valence-electron chi connectivity index (χ0n) is 17.7. The second-order valence-corrected chi connectivity index (χ2v) is 7.87. The van der Waals surface area contributed by atoms with Gasteiger partial charge in [0.2, 0.25) is 0 Å². The highest BCUT2D eigenvalue weighted by molar-refractivity contribution is 5.56. The number of hydrogen-bond acceptors (Lipinski definition) is 4. The van der Waals surface area contributed by atoms with Gasteiger partial charge in [0.05, 0.1) is 0 Å². The Hall–Kier alpha value is -2.20. The van der Waals surface area contributed by atoms with Gasteiger partial charge in [-0.25, -0.2) is 0 Å². The summed E-state index contributed by atoms with van der Waals surface area (Å²) in [5.74, 6) is 2.06. The second-order valence-electron chi connectivity index (χ2n) is 7.87. The first-order valence-corrected chi connectivity index (χ1v) is 9.90. The molecule has 0 spiro atoms. The fourth-order valence-corrected chi connectivity index (χ4v) is 2.91. The van der Waals surface area contributed by atoms with Gasteiger partial charge in [0.1, 0.15) is 11.5 Å². The molecule has 0 amide bonds. The zero-order chi connectivity index (χ0) is 20.0. The number of nitrogens with two attached hydrogens (primary N) is 1. The van der Waals surface area contributed by atoms with E-state index in [2.05, 4.69) is 76.0 Å². The fourth-order valence-electron chi connectivity index (χ4n) is 2.91. The van der Waals surface area contributed by atoms with E-state index < -0.39 is 0 Å². The number of nitrogens with one attached hydrogen (secondary N) is 1. The summed E-state index contributed by atoms with van der Waals surface area (Å²) in [5.41, 5.74) is 9.57. The molecule has 0 radical (unpaired) electrons. The quantitative estimate of drug-likeness (QED) is 0.620. The van der Waals surface area contributed by atoms with Crippen LogP contribution in [0.2, 0.25) is 0 Å². The van der Waals surface area contributed by atoms with Gasteiger partial charge in [-0.3, -0.25) is 0 Å². The van der Waals surface area contributed by atoms with Crippen LogP contribution in [0.25, 0.3) is 0 Å². The highest BCUT2D eigenvalue weighted by Gasteiger charge is 2.22. The Morgan fingerprint density at radius 1 is 1.11 bits per heavy atom. The van der Waals surface area contributed by atoms with E-state index in [-0.39, 0.29) is 5.54 Å². The van der Waals surface area contributed by atoms with Crippen molar-refractivity contribution in [3.8, 4) is 11.5 Å². The number of benzene rings is 2. The molecule has 0 heterocycles. The van der Waals surface area contributed by atoms with Gasteiger partial charge in [0.15, 0.2) is 0 Å². The van der Waals surface area contributed by atoms with Crippen molar-refractivity contribution in [3.05, 3.63) is 48.0 Å². The van der Waals surface area contributed by atoms with Crippen LogP contribution in [-0.4, -0.2) is 25.2 Å². The SMILES string of the molecule is CCNc1cc(Oc2cccc(N(CC)CC(C)C(C)(C)N)c2)ccc1C. The molecule has 0 fully saturated rings. The van der Waals surface area contributed by atoms with Gasteiger partial charge in [-0.15, -0.1) is 0 Å². The Bertz CT molecular complexity index is 737. The van der Waals surface area contributed by atoms with Crippen molar-refractivity contribution >= 4 is 11.4 Å². The molecule has 0 aromatic heterocycles. The summed E-state index contributed by atoms with van der Waals surface area (Å²) in [7, 11) is 0. The molecule has 1 unspecified atom stereocenters. The van der Waals surface area contributed by atoms with Crippen LogP contribution < -0.4 is 20.7 Å². The van der Waals surface area contributed by atoms with Crippen LogP contribution in [-0.2, 0) is 0 Å². The van der Waals surface area contributed by atoms with Gasteiger partial charge in [0, 0.05) is 48.7 Å². The van der Waals surface area contributed by atoms with Crippen LogP contribution in [0.3, 0.4) is 0 Å². The molecule has 0 bridgehead atoms. The van der Waals surface area contributed by atoms with Crippen molar-refractivity contribution < 1.29 is 4.74 Å². The Labute approximate surface area is 164 Å². The maximum atomic E-state index is 6.29. The molecule has 4 heteroatoms. The summed E-state index contributed by atoms with van der Waals surface area (Å²) in [5, 5.41) is 3.38. The predicted molar refractivity (Wildman–Crippen MR) is 117 cm³/mol. The molecular formula is C23H35N3O. The zero-order valence-corrected chi connectivity index (χ0v) is 17.7. The summed E-state index contributed by atoms with van der Waals surface area (Å²) in [6, 6.07) is 14.4. The molecular weight excluding hydrogens is 334 g/mol. The minimum Gasteiger partial charge on any atom is -0.457 e. The molecule has 0 aliphatic heterocycles. The van der Waals surface area contributed by atoms with Gasteiger partial charge in [-0.2, -0.15) is 0 Å². The average molecular weight is 370 g/mol. The maximum absolute atomic E-state index is 6.29. The highest BCUT2D eigenvalue weighted by Crippen LogP contribution is 2.29. The number of rotatable bonds is 9. The topological polar surface area (TPSA) is 50.5 Å². The van der Waals surface area contributed by atoms with Gasteiger partial charge in [-0.05, 0) is 64.3 Å². The molecule has 0 aliphatic rings. The number of hydrogen-bond donors (Lipinski definition) is 2. The van der Waals surface area contributed by atoms with E-state index >= 15 is 0 Å². The van der Waals surface area contributed by atoms with E-state index in [1.54, 1.807) is 0 Å². The van der Waals surface area contributed by atoms with Crippen LogP contribution in [0.15, 0.2) is 42.5 Å². The van der Waals surface area contributed by atoms with Crippen molar-refractivity contribution in [1.82, 2.24) is 0 Å². The van der Waals surface area contributed by atoms with Gasteiger partial charge in [0.25, 0.3) is 0 Å². The van der Waals surface area contributed by atoms with Crippen molar-refractivity contribution in [2.45, 2.75) is 47.1 Å². The van der Waals surface area contributed by atoms with Crippen LogP contribution in [0.5, 0.6) is 11.5 Å². The molecule has 0 saturated heterocycles. The summed E-state index contributed by atoms with van der Waals surface area (Å²) in [6.45, 7) is 15.5. The summed E-state index contributed by atoms with van der Waals surface area (Å²) < 4.78 is 6.14. The molecule has 1 atom stereocenters. The Morgan fingerprint density at radius 2 is 1.81 bits per heavy atom. The summed E-state index contributed by atoms with van der Waals surface area (Å²) >= 11 is 0. The van der Waals surface area contributed by atoms with E-state index in [4.69, 9.17) is 10.5 Å².